The third kappa shape index (κ3) is 4.78. The Labute approximate surface area is 116 Å². The van der Waals surface area contributed by atoms with Crippen molar-refractivity contribution in [2.75, 3.05) is 59.1 Å². The molecular formula is C14H25N5. The second-order valence-corrected chi connectivity index (χ2v) is 5.47. The van der Waals surface area contributed by atoms with Crippen molar-refractivity contribution in [3.8, 4) is 0 Å². The van der Waals surface area contributed by atoms with Crippen LogP contribution >= 0.6 is 0 Å². The van der Waals surface area contributed by atoms with Gasteiger partial charge in [-0.1, -0.05) is 6.07 Å². The molecule has 0 spiro atoms. The summed E-state index contributed by atoms with van der Waals surface area (Å²) in [5, 5.41) is 0. The van der Waals surface area contributed by atoms with E-state index >= 15 is 0 Å². The zero-order chi connectivity index (χ0) is 13.7. The summed E-state index contributed by atoms with van der Waals surface area (Å²) >= 11 is 0. The van der Waals surface area contributed by atoms with E-state index in [0.29, 0.717) is 5.82 Å². The van der Waals surface area contributed by atoms with E-state index in [1.54, 1.807) is 0 Å². The van der Waals surface area contributed by atoms with Crippen molar-refractivity contribution in [1.29, 1.82) is 0 Å². The first-order chi connectivity index (χ1) is 9.13. The van der Waals surface area contributed by atoms with E-state index in [4.69, 9.17) is 5.73 Å². The molecule has 0 saturated carbocycles. The number of nitrogens with zero attached hydrogens (tertiary/aromatic N) is 4. The van der Waals surface area contributed by atoms with Crippen molar-refractivity contribution in [2.45, 2.75) is 6.54 Å². The normalized spacial score (nSPS) is 18.1. The standard InChI is InChI=1S/C14H25N5/c1-17(2)6-7-18-8-10-19(11-9-18)12-13-4-3-5-14(15)16-13/h3-5H,6-12H2,1-2H3,(H2,15,16). The van der Waals surface area contributed by atoms with Gasteiger partial charge < -0.3 is 10.6 Å². The second kappa shape index (κ2) is 6.84. The van der Waals surface area contributed by atoms with Crippen LogP contribution in [0.25, 0.3) is 0 Å². The highest BCUT2D eigenvalue weighted by atomic mass is 15.3. The summed E-state index contributed by atoms with van der Waals surface area (Å²) < 4.78 is 0. The molecule has 2 rings (SSSR count). The quantitative estimate of drug-likeness (QED) is 0.830. The van der Waals surface area contributed by atoms with Gasteiger partial charge in [-0.3, -0.25) is 9.80 Å². The molecule has 2 N–H and O–H groups in total. The minimum Gasteiger partial charge on any atom is -0.384 e. The molecule has 5 heteroatoms. The van der Waals surface area contributed by atoms with Crippen LogP contribution in [-0.4, -0.2) is 73.0 Å². The molecule has 1 aromatic heterocycles. The molecule has 0 amide bonds. The molecule has 1 saturated heterocycles. The van der Waals surface area contributed by atoms with E-state index in [-0.39, 0.29) is 0 Å². The van der Waals surface area contributed by atoms with E-state index < -0.39 is 0 Å². The van der Waals surface area contributed by atoms with Crippen LogP contribution in [-0.2, 0) is 6.54 Å². The van der Waals surface area contributed by atoms with Gasteiger partial charge in [-0.2, -0.15) is 0 Å². The fraction of sp³-hybridized carbons (Fsp3) is 0.643. The largest absolute Gasteiger partial charge is 0.384 e. The molecule has 1 aliphatic rings. The second-order valence-electron chi connectivity index (χ2n) is 5.47. The number of nitrogens with two attached hydrogens (primary N) is 1. The number of aromatic nitrogens is 1. The first-order valence-corrected chi connectivity index (χ1v) is 6.94. The average Bonchev–Trinajstić information content (AvgIpc) is 2.38. The molecule has 19 heavy (non-hydrogen) atoms. The minimum absolute atomic E-state index is 0.613. The highest BCUT2D eigenvalue weighted by Crippen LogP contribution is 2.08. The Balaban J connectivity index is 1.74. The van der Waals surface area contributed by atoms with Crippen LogP contribution in [0.1, 0.15) is 5.69 Å². The van der Waals surface area contributed by atoms with Gasteiger partial charge >= 0.3 is 0 Å². The average molecular weight is 263 g/mol. The van der Waals surface area contributed by atoms with E-state index in [0.717, 1.165) is 51.5 Å². The van der Waals surface area contributed by atoms with Crippen molar-refractivity contribution < 1.29 is 0 Å². The Bertz CT molecular complexity index is 385. The maximum atomic E-state index is 5.71. The van der Waals surface area contributed by atoms with Gasteiger partial charge in [0, 0.05) is 45.8 Å². The van der Waals surface area contributed by atoms with Gasteiger partial charge in [-0.15, -0.1) is 0 Å². The van der Waals surface area contributed by atoms with Crippen molar-refractivity contribution in [2.24, 2.45) is 0 Å². The smallest absolute Gasteiger partial charge is 0.123 e. The molecular weight excluding hydrogens is 238 g/mol. The zero-order valence-corrected chi connectivity index (χ0v) is 12.0. The number of anilines is 1. The summed E-state index contributed by atoms with van der Waals surface area (Å²) in [5.41, 5.74) is 6.78. The number of hydrogen-bond donors (Lipinski definition) is 1. The van der Waals surface area contributed by atoms with Crippen molar-refractivity contribution in [1.82, 2.24) is 19.7 Å². The molecule has 1 aliphatic heterocycles. The summed E-state index contributed by atoms with van der Waals surface area (Å²) in [4.78, 5) is 11.6. The van der Waals surface area contributed by atoms with Gasteiger partial charge in [0.2, 0.25) is 0 Å². The van der Waals surface area contributed by atoms with Crippen molar-refractivity contribution >= 4 is 5.82 Å². The highest BCUT2D eigenvalue weighted by Gasteiger charge is 2.17. The van der Waals surface area contributed by atoms with Gasteiger partial charge in [0.1, 0.15) is 5.82 Å². The topological polar surface area (TPSA) is 48.6 Å². The third-order valence-electron chi connectivity index (χ3n) is 3.54. The zero-order valence-electron chi connectivity index (χ0n) is 12.0. The van der Waals surface area contributed by atoms with E-state index in [2.05, 4.69) is 39.8 Å². The SMILES string of the molecule is CN(C)CCN1CCN(Cc2cccc(N)n2)CC1. The molecule has 0 unspecified atom stereocenters. The number of rotatable bonds is 5. The number of nitrogen functional groups attached to an aromatic ring is 1. The summed E-state index contributed by atoms with van der Waals surface area (Å²) in [6.45, 7) is 7.74. The Morgan fingerprint density at radius 1 is 1.16 bits per heavy atom. The van der Waals surface area contributed by atoms with Gasteiger partial charge in [-0.05, 0) is 26.2 Å². The molecule has 5 nitrogen and oxygen atoms in total. The van der Waals surface area contributed by atoms with Gasteiger partial charge in [0.25, 0.3) is 0 Å². The Morgan fingerprint density at radius 3 is 2.47 bits per heavy atom. The summed E-state index contributed by atoms with van der Waals surface area (Å²) in [7, 11) is 4.25. The first kappa shape index (κ1) is 14.2. The number of hydrogen-bond acceptors (Lipinski definition) is 5. The van der Waals surface area contributed by atoms with E-state index in [9.17, 15) is 0 Å². The summed E-state index contributed by atoms with van der Waals surface area (Å²) in [6, 6.07) is 5.86. The lowest BCUT2D eigenvalue weighted by Crippen LogP contribution is -2.47. The van der Waals surface area contributed by atoms with Crippen LogP contribution in [0.5, 0.6) is 0 Å². The van der Waals surface area contributed by atoms with Crippen molar-refractivity contribution in [3.05, 3.63) is 23.9 Å². The minimum atomic E-state index is 0.613. The molecule has 0 bridgehead atoms. The number of likely N-dealkylation sites (N-methyl/N-ethyl adjacent to an activating group) is 1. The van der Waals surface area contributed by atoms with Crippen LogP contribution in [0.2, 0.25) is 0 Å². The fourth-order valence-electron chi connectivity index (χ4n) is 2.33. The number of pyridine rings is 1. The van der Waals surface area contributed by atoms with Crippen LogP contribution in [0.15, 0.2) is 18.2 Å². The maximum Gasteiger partial charge on any atom is 0.123 e. The summed E-state index contributed by atoms with van der Waals surface area (Å²) in [6.07, 6.45) is 0. The number of piperazine rings is 1. The van der Waals surface area contributed by atoms with Crippen LogP contribution in [0.3, 0.4) is 0 Å². The predicted molar refractivity (Wildman–Crippen MR) is 78.9 cm³/mol. The van der Waals surface area contributed by atoms with E-state index in [1.807, 2.05) is 12.1 Å². The van der Waals surface area contributed by atoms with Crippen LogP contribution in [0.4, 0.5) is 5.82 Å². The third-order valence-corrected chi connectivity index (χ3v) is 3.54. The van der Waals surface area contributed by atoms with Gasteiger partial charge in [-0.25, -0.2) is 4.98 Å². The summed E-state index contributed by atoms with van der Waals surface area (Å²) in [5.74, 6) is 0.613. The molecule has 1 aromatic rings. The fourth-order valence-corrected chi connectivity index (χ4v) is 2.33. The first-order valence-electron chi connectivity index (χ1n) is 6.94. The molecule has 2 heterocycles. The lowest BCUT2D eigenvalue weighted by atomic mass is 10.2. The van der Waals surface area contributed by atoms with Gasteiger partial charge in [0.05, 0.1) is 5.69 Å². The van der Waals surface area contributed by atoms with Crippen LogP contribution < -0.4 is 5.73 Å². The predicted octanol–water partition coefficient (Wildman–Crippen LogP) is 0.343. The molecule has 0 atom stereocenters. The molecule has 106 valence electrons. The van der Waals surface area contributed by atoms with Gasteiger partial charge in [0.15, 0.2) is 0 Å². The highest BCUT2D eigenvalue weighted by molar-refractivity contribution is 5.28. The monoisotopic (exact) mass is 263 g/mol. The lowest BCUT2D eigenvalue weighted by Gasteiger charge is -2.35. The Kier molecular flexibility index (Phi) is 5.13. The van der Waals surface area contributed by atoms with Crippen LogP contribution in [0, 0.1) is 0 Å². The van der Waals surface area contributed by atoms with E-state index in [1.165, 1.54) is 0 Å². The molecule has 0 radical (unpaired) electrons. The Hall–Kier alpha value is -1.17. The van der Waals surface area contributed by atoms with Crippen molar-refractivity contribution in [3.63, 3.8) is 0 Å². The lowest BCUT2D eigenvalue weighted by molar-refractivity contribution is 0.119. The molecule has 0 aliphatic carbocycles. The molecule has 0 aromatic carbocycles. The Morgan fingerprint density at radius 2 is 1.84 bits per heavy atom. The maximum absolute atomic E-state index is 5.71. The molecule has 1 fully saturated rings.